The lowest BCUT2D eigenvalue weighted by atomic mass is 10.1. The van der Waals surface area contributed by atoms with Crippen molar-refractivity contribution in [1.29, 1.82) is 0 Å². The van der Waals surface area contributed by atoms with Gasteiger partial charge in [-0.25, -0.2) is 0 Å². The van der Waals surface area contributed by atoms with Crippen LogP contribution >= 0.6 is 0 Å². The minimum absolute atomic E-state index is 0.0120. The number of rotatable bonds is 5. The molecule has 4 N–H and O–H groups in total. The van der Waals surface area contributed by atoms with Crippen molar-refractivity contribution in [3.05, 3.63) is 23.8 Å². The molecule has 0 bridgehead atoms. The molecule has 0 atom stereocenters. The molecular weight excluding hydrogens is 256 g/mol. The zero-order chi connectivity index (χ0) is 15.4. The summed E-state index contributed by atoms with van der Waals surface area (Å²) in [5, 5.41) is 0. The number of primary amides is 1. The third-order valence-corrected chi connectivity index (χ3v) is 2.92. The van der Waals surface area contributed by atoms with Crippen molar-refractivity contribution >= 4 is 23.2 Å². The fraction of sp³-hybridized carbons (Fsp3) is 0.429. The van der Waals surface area contributed by atoms with Crippen LogP contribution in [0.1, 0.15) is 24.2 Å². The highest BCUT2D eigenvalue weighted by Gasteiger charge is 2.21. The van der Waals surface area contributed by atoms with Gasteiger partial charge in [0.25, 0.3) is 5.91 Å². The number of carbonyl (C=O) groups is 2. The van der Waals surface area contributed by atoms with E-state index in [1.165, 1.54) is 4.90 Å². The van der Waals surface area contributed by atoms with Crippen molar-refractivity contribution in [2.75, 3.05) is 31.3 Å². The van der Waals surface area contributed by atoms with E-state index in [1.807, 2.05) is 13.8 Å². The minimum Gasteiger partial charge on any atom is -0.399 e. The van der Waals surface area contributed by atoms with Gasteiger partial charge in [-0.1, -0.05) is 0 Å². The number of amides is 2. The SMILES string of the molecule is CC(C)N(CC(N)=O)c1cc(N)ccc1C(=O)N(C)C. The summed E-state index contributed by atoms with van der Waals surface area (Å²) >= 11 is 0. The predicted octanol–water partition coefficient (Wildman–Crippen LogP) is 0.671. The van der Waals surface area contributed by atoms with Crippen molar-refractivity contribution in [1.82, 2.24) is 4.90 Å². The highest BCUT2D eigenvalue weighted by Crippen LogP contribution is 2.26. The van der Waals surface area contributed by atoms with Crippen LogP contribution in [-0.4, -0.2) is 43.4 Å². The molecule has 0 aliphatic heterocycles. The molecule has 0 aliphatic rings. The number of carbonyl (C=O) groups excluding carboxylic acids is 2. The van der Waals surface area contributed by atoms with E-state index >= 15 is 0 Å². The summed E-state index contributed by atoms with van der Waals surface area (Å²) < 4.78 is 0. The maximum absolute atomic E-state index is 12.2. The first-order chi connectivity index (χ1) is 9.23. The lowest BCUT2D eigenvalue weighted by molar-refractivity contribution is -0.116. The van der Waals surface area contributed by atoms with Crippen molar-refractivity contribution in [3.8, 4) is 0 Å². The molecule has 0 aliphatic carbocycles. The van der Waals surface area contributed by atoms with Gasteiger partial charge in [-0.15, -0.1) is 0 Å². The molecule has 1 aromatic carbocycles. The number of nitrogen functional groups attached to an aromatic ring is 1. The average Bonchev–Trinajstić information content (AvgIpc) is 2.34. The Labute approximate surface area is 119 Å². The summed E-state index contributed by atoms with van der Waals surface area (Å²) in [4.78, 5) is 26.7. The Hall–Kier alpha value is -2.24. The average molecular weight is 278 g/mol. The molecule has 0 aromatic heterocycles. The number of hydrogen-bond donors (Lipinski definition) is 2. The summed E-state index contributed by atoms with van der Waals surface area (Å²) in [5.74, 6) is -0.598. The lowest BCUT2D eigenvalue weighted by Crippen LogP contribution is -2.40. The third-order valence-electron chi connectivity index (χ3n) is 2.92. The van der Waals surface area contributed by atoms with Crippen LogP contribution in [0, 0.1) is 0 Å². The van der Waals surface area contributed by atoms with Crippen molar-refractivity contribution in [2.45, 2.75) is 19.9 Å². The van der Waals surface area contributed by atoms with E-state index < -0.39 is 5.91 Å². The van der Waals surface area contributed by atoms with E-state index in [-0.39, 0.29) is 18.5 Å². The van der Waals surface area contributed by atoms with Gasteiger partial charge in [0.15, 0.2) is 0 Å². The van der Waals surface area contributed by atoms with E-state index in [2.05, 4.69) is 0 Å². The molecule has 20 heavy (non-hydrogen) atoms. The molecule has 6 nitrogen and oxygen atoms in total. The van der Waals surface area contributed by atoms with E-state index in [1.54, 1.807) is 37.2 Å². The Morgan fingerprint density at radius 1 is 1.25 bits per heavy atom. The lowest BCUT2D eigenvalue weighted by Gasteiger charge is -2.30. The van der Waals surface area contributed by atoms with E-state index in [4.69, 9.17) is 11.5 Å². The van der Waals surface area contributed by atoms with Gasteiger partial charge in [-0.3, -0.25) is 9.59 Å². The van der Waals surface area contributed by atoms with Crippen molar-refractivity contribution in [2.24, 2.45) is 5.73 Å². The fourth-order valence-corrected chi connectivity index (χ4v) is 1.92. The molecule has 0 unspecified atom stereocenters. The van der Waals surface area contributed by atoms with Gasteiger partial charge in [0, 0.05) is 25.8 Å². The second kappa shape index (κ2) is 6.27. The van der Waals surface area contributed by atoms with E-state index in [0.29, 0.717) is 16.9 Å². The van der Waals surface area contributed by atoms with Crippen LogP contribution < -0.4 is 16.4 Å². The molecule has 6 heteroatoms. The van der Waals surface area contributed by atoms with Crippen LogP contribution in [0.2, 0.25) is 0 Å². The van der Waals surface area contributed by atoms with Gasteiger partial charge in [-0.05, 0) is 32.0 Å². The first-order valence-corrected chi connectivity index (χ1v) is 6.40. The van der Waals surface area contributed by atoms with Gasteiger partial charge in [0.2, 0.25) is 5.91 Å². The molecule has 110 valence electrons. The number of benzene rings is 1. The largest absolute Gasteiger partial charge is 0.399 e. The summed E-state index contributed by atoms with van der Waals surface area (Å²) in [6.45, 7) is 3.89. The monoisotopic (exact) mass is 278 g/mol. The zero-order valence-electron chi connectivity index (χ0n) is 12.4. The van der Waals surface area contributed by atoms with Crippen molar-refractivity contribution < 1.29 is 9.59 Å². The second-order valence-corrected chi connectivity index (χ2v) is 5.16. The molecule has 1 aromatic rings. The van der Waals surface area contributed by atoms with Crippen LogP contribution in [0.25, 0.3) is 0 Å². The molecule has 0 saturated carbocycles. The molecule has 0 fully saturated rings. The van der Waals surface area contributed by atoms with Crippen molar-refractivity contribution in [3.63, 3.8) is 0 Å². The topological polar surface area (TPSA) is 92.7 Å². The molecule has 0 spiro atoms. The van der Waals surface area contributed by atoms with Crippen LogP contribution in [0.4, 0.5) is 11.4 Å². The second-order valence-electron chi connectivity index (χ2n) is 5.16. The molecular formula is C14H22N4O2. The van der Waals surface area contributed by atoms with Crippen LogP contribution in [-0.2, 0) is 4.79 Å². The summed E-state index contributed by atoms with van der Waals surface area (Å²) in [5.41, 5.74) is 12.7. The van der Waals surface area contributed by atoms with E-state index in [0.717, 1.165) is 0 Å². The summed E-state index contributed by atoms with van der Waals surface area (Å²) in [6.07, 6.45) is 0. The van der Waals surface area contributed by atoms with Gasteiger partial charge < -0.3 is 21.3 Å². The van der Waals surface area contributed by atoms with Gasteiger partial charge in [-0.2, -0.15) is 0 Å². The number of nitrogens with two attached hydrogens (primary N) is 2. The van der Waals surface area contributed by atoms with Crippen LogP contribution in [0.15, 0.2) is 18.2 Å². The molecule has 2 amide bonds. The number of hydrogen-bond acceptors (Lipinski definition) is 4. The highest BCUT2D eigenvalue weighted by molar-refractivity contribution is 6.00. The smallest absolute Gasteiger partial charge is 0.255 e. The Morgan fingerprint density at radius 2 is 1.85 bits per heavy atom. The summed E-state index contributed by atoms with van der Waals surface area (Å²) in [7, 11) is 3.35. The minimum atomic E-state index is -0.454. The maximum Gasteiger partial charge on any atom is 0.255 e. The maximum atomic E-state index is 12.2. The van der Waals surface area contributed by atoms with Gasteiger partial charge >= 0.3 is 0 Å². The quantitative estimate of drug-likeness (QED) is 0.774. The standard InChI is InChI=1S/C14H22N4O2/c1-9(2)18(8-13(16)19)12-7-10(15)5-6-11(12)14(20)17(3)4/h5-7,9H,8,15H2,1-4H3,(H2,16,19). The van der Waals surface area contributed by atoms with Gasteiger partial charge in [0.1, 0.15) is 0 Å². The third kappa shape index (κ3) is 3.63. The van der Waals surface area contributed by atoms with Gasteiger partial charge in [0.05, 0.1) is 17.8 Å². The molecule has 0 radical (unpaired) electrons. The van der Waals surface area contributed by atoms with Crippen LogP contribution in [0.3, 0.4) is 0 Å². The Bertz CT molecular complexity index is 512. The van der Waals surface area contributed by atoms with E-state index in [9.17, 15) is 9.59 Å². The molecule has 0 saturated heterocycles. The van der Waals surface area contributed by atoms with Crippen LogP contribution in [0.5, 0.6) is 0 Å². The Balaban J connectivity index is 3.35. The molecule has 1 rings (SSSR count). The molecule has 0 heterocycles. The number of anilines is 2. The normalized spacial score (nSPS) is 10.4. The Morgan fingerprint density at radius 3 is 2.30 bits per heavy atom. The fourth-order valence-electron chi connectivity index (χ4n) is 1.92. The highest BCUT2D eigenvalue weighted by atomic mass is 16.2. The first-order valence-electron chi connectivity index (χ1n) is 6.40. The number of nitrogens with zero attached hydrogens (tertiary/aromatic N) is 2. The zero-order valence-corrected chi connectivity index (χ0v) is 12.4. The first kappa shape index (κ1) is 15.8. The summed E-state index contributed by atoms with van der Waals surface area (Å²) in [6, 6.07) is 5.05. The predicted molar refractivity (Wildman–Crippen MR) is 80.5 cm³/mol. The Kier molecular flexibility index (Phi) is 4.96.